The minimum Gasteiger partial charge on any atom is -0.378 e. The van der Waals surface area contributed by atoms with E-state index in [0.29, 0.717) is 0 Å². The molecule has 8 aromatic rings. The molecule has 0 unspecified atom stereocenters. The van der Waals surface area contributed by atoms with Gasteiger partial charge in [0, 0.05) is 14.2 Å². The molecule has 11 rings (SSSR count). The molecule has 0 aromatic heterocycles. The van der Waals surface area contributed by atoms with Crippen LogP contribution in [-0.4, -0.2) is 96.4 Å². The summed E-state index contributed by atoms with van der Waals surface area (Å²) in [5.41, 5.74) is 5.89. The first kappa shape index (κ1) is 58.0. The lowest BCUT2D eigenvalue weighted by molar-refractivity contribution is -0.327. The van der Waals surface area contributed by atoms with Gasteiger partial charge in [-0.25, -0.2) is 0 Å². The molecule has 428 valence electrons. The van der Waals surface area contributed by atoms with Gasteiger partial charge >= 0.3 is 8.56 Å². The van der Waals surface area contributed by atoms with Gasteiger partial charge in [-0.1, -0.05) is 255 Å². The van der Waals surface area contributed by atoms with E-state index in [1.54, 1.807) is 14.2 Å². The van der Waals surface area contributed by atoms with Crippen molar-refractivity contribution in [2.24, 2.45) is 0 Å². The molecule has 3 heterocycles. The van der Waals surface area contributed by atoms with E-state index in [1.165, 1.54) is 0 Å². The van der Waals surface area contributed by atoms with Crippen molar-refractivity contribution in [1.29, 1.82) is 0 Å². The quantitative estimate of drug-likeness (QED) is 0.0424. The third kappa shape index (κ3) is 14.6. The Morgan fingerprint density at radius 3 is 0.771 bits per heavy atom. The second kappa shape index (κ2) is 29.2. The van der Waals surface area contributed by atoms with Gasteiger partial charge < -0.3 is 56.2 Å². The van der Waals surface area contributed by atoms with Crippen LogP contribution < -0.4 is 10.4 Å². The average molecular weight is 1130 g/mol. The molecule has 3 aliphatic heterocycles. The van der Waals surface area contributed by atoms with E-state index in [1.807, 2.05) is 231 Å². The van der Waals surface area contributed by atoms with Crippen molar-refractivity contribution in [3.63, 3.8) is 0 Å². The Bertz CT molecular complexity index is 2940. The number of benzene rings is 8. The second-order valence-electron chi connectivity index (χ2n) is 20.9. The molecule has 0 N–H and O–H groups in total. The van der Waals surface area contributed by atoms with Gasteiger partial charge in [0.1, 0.15) is 48.8 Å². The van der Waals surface area contributed by atoms with Crippen LogP contribution in [0.15, 0.2) is 255 Å². The molecule has 0 amide bonds. The minimum absolute atomic E-state index is 0.238. The van der Waals surface area contributed by atoms with Gasteiger partial charge in [0.25, 0.3) is 0 Å². The molecule has 12 nitrogen and oxygen atoms in total. The summed E-state index contributed by atoms with van der Waals surface area (Å²) in [4.78, 5) is 0. The highest BCUT2D eigenvalue weighted by Crippen LogP contribution is 2.39. The lowest BCUT2D eigenvalue weighted by Crippen LogP contribution is -2.70. The first-order valence-corrected chi connectivity index (χ1v) is 30.3. The van der Waals surface area contributed by atoms with Gasteiger partial charge in [-0.15, -0.1) is 0 Å². The topological polar surface area (TPSA) is 111 Å². The van der Waals surface area contributed by atoms with E-state index in [0.717, 1.165) is 43.8 Å². The van der Waals surface area contributed by atoms with Crippen LogP contribution >= 0.6 is 0 Å². The van der Waals surface area contributed by atoms with E-state index >= 15 is 0 Å². The molecule has 13 heteroatoms. The third-order valence-electron chi connectivity index (χ3n) is 15.3. The van der Waals surface area contributed by atoms with E-state index in [2.05, 4.69) is 24.3 Å². The highest BCUT2D eigenvalue weighted by Gasteiger charge is 2.58. The van der Waals surface area contributed by atoms with Crippen LogP contribution in [0.5, 0.6) is 0 Å². The van der Waals surface area contributed by atoms with Crippen molar-refractivity contribution >= 4 is 18.9 Å². The van der Waals surface area contributed by atoms with Crippen molar-refractivity contribution in [2.45, 2.75) is 113 Å². The molecule has 3 aliphatic rings. The summed E-state index contributed by atoms with van der Waals surface area (Å²) in [5, 5.41) is 1.71. The van der Waals surface area contributed by atoms with E-state index in [4.69, 9.17) is 56.2 Å². The first-order chi connectivity index (χ1) is 41.0. The second-order valence-corrected chi connectivity index (χ2v) is 23.7. The van der Waals surface area contributed by atoms with Crippen molar-refractivity contribution in [3.05, 3.63) is 288 Å². The molecule has 0 aliphatic carbocycles. The number of rotatable bonds is 24. The van der Waals surface area contributed by atoms with Gasteiger partial charge in [-0.05, 0) is 43.8 Å². The number of hydrogen-bond donors (Lipinski definition) is 0. The van der Waals surface area contributed by atoms with Crippen molar-refractivity contribution in [1.82, 2.24) is 0 Å². The normalized spacial score (nSPS) is 26.0. The highest BCUT2D eigenvalue weighted by atomic mass is 28.4. The van der Waals surface area contributed by atoms with Gasteiger partial charge in [-0.3, -0.25) is 0 Å². The zero-order valence-electron chi connectivity index (χ0n) is 46.8. The number of methoxy groups -OCH3 is 2. The molecule has 0 spiro atoms. The van der Waals surface area contributed by atoms with Crippen LogP contribution in [0, 0.1) is 0 Å². The van der Waals surface area contributed by atoms with Gasteiger partial charge in [0.2, 0.25) is 0 Å². The number of hydrogen-bond acceptors (Lipinski definition) is 12. The zero-order chi connectivity index (χ0) is 56.5. The molecule has 0 radical (unpaired) electrons. The lowest BCUT2D eigenvalue weighted by atomic mass is 9.92. The number of ether oxygens (including phenoxy) is 10. The molecule has 0 bridgehead atoms. The zero-order valence-corrected chi connectivity index (χ0v) is 47.8. The summed E-state index contributed by atoms with van der Waals surface area (Å²) >= 11 is 0. The van der Waals surface area contributed by atoms with Crippen LogP contribution in [0.2, 0.25) is 0 Å². The Hall–Kier alpha value is -6.76. The maximum atomic E-state index is 7.93. The van der Waals surface area contributed by atoms with Crippen LogP contribution in [-0.2, 0) is 95.9 Å². The Morgan fingerprint density at radius 2 is 0.518 bits per heavy atom. The lowest BCUT2D eigenvalue weighted by Gasteiger charge is -2.49. The first-order valence-electron chi connectivity index (χ1n) is 28.5. The Labute approximate surface area is 488 Å². The molecule has 2 fully saturated rings. The maximum Gasteiger partial charge on any atom is 0.408 e. The van der Waals surface area contributed by atoms with Crippen LogP contribution in [0.25, 0.3) is 0 Å². The fraction of sp³-hybridized carbons (Fsp3) is 0.286. The molecule has 8 aromatic carbocycles. The summed E-state index contributed by atoms with van der Waals surface area (Å²) in [6, 6.07) is 80.8. The standard InChI is InChI=1S/C70H72O12Si/c1-71-69-67(77-49-55-35-19-7-20-36-55)65(75-47-53-31-15-5-16-32-53)63(73-45-51-27-11-3-12-28-51)61(79-69)59-43-44-60(82-83(81-59,57-39-23-9-24-40-57)58-41-25-10-26-42-58)62-64(74-46-52-29-13-4-14-30-52)66(76-48-54-33-17-6-18-34-54)68(70(72-2)80-62)78-50-56-37-21-8-22-38-56/h3-44,59-70H,45-50H2,1-2H3/t59-,60-,61+,62+,63+,64+,65-,66-,67+,68+,69-,70-/m0/s1. The molecule has 83 heavy (non-hydrogen) atoms. The van der Waals surface area contributed by atoms with Crippen molar-refractivity contribution in [2.75, 3.05) is 14.2 Å². The van der Waals surface area contributed by atoms with Crippen molar-refractivity contribution in [3.8, 4) is 0 Å². The fourth-order valence-corrected chi connectivity index (χ4v) is 14.5. The minimum atomic E-state index is -3.97. The largest absolute Gasteiger partial charge is 0.408 e. The molecule has 0 saturated carbocycles. The monoisotopic (exact) mass is 1130 g/mol. The Morgan fingerprint density at radius 1 is 0.289 bits per heavy atom. The molecule has 12 atom stereocenters. The summed E-state index contributed by atoms with van der Waals surface area (Å²) in [6.45, 7) is 1.54. The summed E-state index contributed by atoms with van der Waals surface area (Å²) < 4.78 is 85.6. The summed E-state index contributed by atoms with van der Waals surface area (Å²) in [7, 11) is -0.715. The van der Waals surface area contributed by atoms with Crippen LogP contribution in [0.4, 0.5) is 0 Å². The smallest absolute Gasteiger partial charge is 0.378 e. The molecular weight excluding hydrogens is 1060 g/mol. The maximum absolute atomic E-state index is 7.93. The predicted molar refractivity (Wildman–Crippen MR) is 318 cm³/mol. The summed E-state index contributed by atoms with van der Waals surface area (Å²) in [6.07, 6.45) is -5.89. The molecule has 2 saturated heterocycles. The third-order valence-corrected chi connectivity index (χ3v) is 18.7. The van der Waals surface area contributed by atoms with E-state index in [9.17, 15) is 0 Å². The van der Waals surface area contributed by atoms with Crippen LogP contribution in [0.1, 0.15) is 33.4 Å². The highest BCUT2D eigenvalue weighted by molar-refractivity contribution is 6.92. The van der Waals surface area contributed by atoms with E-state index in [-0.39, 0.29) is 39.6 Å². The van der Waals surface area contributed by atoms with Crippen LogP contribution in [0.3, 0.4) is 0 Å². The SMILES string of the molecule is CO[C@H]1O[C@H]([C@@H]2C=C[C@@H]([C@H]3O[C@H](OC)[C@H](OCc4ccccc4)[C@@H](OCc4ccccc4)[C@@H]3OCc3ccccc3)O[Si](c3ccccc3)(c3ccccc3)O2)[C@@H](OCc2ccccc2)[C@H](OCc2ccccc2)[C@H]1OCc1ccccc1. The van der Waals surface area contributed by atoms with Gasteiger partial charge in [-0.2, -0.15) is 0 Å². The molecular formula is C70H72O12Si. The van der Waals surface area contributed by atoms with Gasteiger partial charge in [0.15, 0.2) is 12.6 Å². The Kier molecular flexibility index (Phi) is 20.4. The van der Waals surface area contributed by atoms with Crippen molar-refractivity contribution < 1.29 is 56.2 Å². The summed E-state index contributed by atoms with van der Waals surface area (Å²) in [5.74, 6) is 0. The van der Waals surface area contributed by atoms with E-state index < -0.39 is 82.2 Å². The average Bonchev–Trinajstić information content (AvgIpc) is 3.23. The van der Waals surface area contributed by atoms with Gasteiger partial charge in [0.05, 0.1) is 51.8 Å². The predicted octanol–water partition coefficient (Wildman–Crippen LogP) is 10.8. The fourth-order valence-electron chi connectivity index (χ4n) is 11.1. The Balaban J connectivity index is 1.04.